The van der Waals surface area contributed by atoms with Crippen LogP contribution >= 0.6 is 0 Å². The van der Waals surface area contributed by atoms with Gasteiger partial charge in [0.25, 0.3) is 5.91 Å². The molecular formula is C20H19N7O2. The number of hydrogen-bond donors (Lipinski definition) is 3. The number of nitrogens with zero attached hydrogens (tertiary/aromatic N) is 5. The molecular weight excluding hydrogens is 370 g/mol. The van der Waals surface area contributed by atoms with Crippen molar-refractivity contribution in [1.82, 2.24) is 30.3 Å². The Balaban J connectivity index is 1.63. The number of hydrogen-bond acceptors (Lipinski definition) is 7. The maximum Gasteiger partial charge on any atom is 0.251 e. The lowest BCUT2D eigenvalue weighted by atomic mass is 10.1. The maximum absolute atomic E-state index is 11.7. The molecule has 0 bridgehead atoms. The quantitative estimate of drug-likeness (QED) is 0.460. The van der Waals surface area contributed by atoms with Crippen molar-refractivity contribution >= 4 is 28.7 Å². The van der Waals surface area contributed by atoms with E-state index < -0.39 is 0 Å². The lowest BCUT2D eigenvalue weighted by Gasteiger charge is -2.07. The number of aliphatic hydroxyl groups is 1. The molecule has 29 heavy (non-hydrogen) atoms. The number of fused-ring (bicyclic) bond motifs is 1. The van der Waals surface area contributed by atoms with Crippen LogP contribution in [0.25, 0.3) is 16.9 Å². The number of aliphatic hydroxyl groups excluding tert-OH is 1. The predicted molar refractivity (Wildman–Crippen MR) is 108 cm³/mol. The highest BCUT2D eigenvalue weighted by atomic mass is 16.3. The average Bonchev–Trinajstić information content (AvgIpc) is 3.17. The summed E-state index contributed by atoms with van der Waals surface area (Å²) in [6, 6.07) is 14.7. The van der Waals surface area contributed by atoms with Crippen LogP contribution in [0.4, 0.5) is 11.6 Å². The topological polar surface area (TPSA) is 118 Å². The minimum absolute atomic E-state index is 0.0799. The second-order valence-corrected chi connectivity index (χ2v) is 6.33. The van der Waals surface area contributed by atoms with Crippen LogP contribution in [0.5, 0.6) is 0 Å². The number of rotatable bonds is 6. The molecule has 0 aliphatic rings. The van der Waals surface area contributed by atoms with Crippen molar-refractivity contribution in [2.24, 2.45) is 0 Å². The second kappa shape index (κ2) is 8.03. The summed E-state index contributed by atoms with van der Waals surface area (Å²) >= 11 is 0. The summed E-state index contributed by atoms with van der Waals surface area (Å²) in [4.78, 5) is 20.5. The van der Waals surface area contributed by atoms with Gasteiger partial charge in [0.1, 0.15) is 0 Å². The number of nitrogens with one attached hydrogen (secondary N) is 2. The number of carbonyl (C=O) groups is 1. The summed E-state index contributed by atoms with van der Waals surface area (Å²) in [7, 11) is 1.59. The van der Waals surface area contributed by atoms with Crippen LogP contribution in [0.3, 0.4) is 0 Å². The first-order valence-corrected chi connectivity index (χ1v) is 9.06. The Bertz CT molecular complexity index is 1160. The van der Waals surface area contributed by atoms with E-state index in [9.17, 15) is 4.79 Å². The molecule has 0 unspecified atom stereocenters. The summed E-state index contributed by atoms with van der Waals surface area (Å²) in [5, 5.41) is 23.2. The molecule has 1 amide bonds. The Labute approximate surface area is 166 Å². The lowest BCUT2D eigenvalue weighted by Crippen LogP contribution is -2.17. The van der Waals surface area contributed by atoms with Gasteiger partial charge in [0, 0.05) is 24.9 Å². The van der Waals surface area contributed by atoms with Gasteiger partial charge in [-0.15, -0.1) is 5.10 Å². The van der Waals surface area contributed by atoms with E-state index in [0.29, 0.717) is 29.1 Å². The lowest BCUT2D eigenvalue weighted by molar-refractivity contribution is 0.0963. The number of carbonyl (C=O) groups excluding carboxylic acids is 1. The first-order chi connectivity index (χ1) is 14.2. The van der Waals surface area contributed by atoms with Crippen molar-refractivity contribution in [3.63, 3.8) is 0 Å². The van der Waals surface area contributed by atoms with Gasteiger partial charge in [-0.25, -0.2) is 4.98 Å². The molecule has 4 aromatic rings. The number of anilines is 2. The fourth-order valence-electron chi connectivity index (χ4n) is 2.91. The van der Waals surface area contributed by atoms with Crippen molar-refractivity contribution in [3.05, 3.63) is 65.9 Å². The zero-order valence-corrected chi connectivity index (χ0v) is 15.7. The van der Waals surface area contributed by atoms with Crippen LogP contribution in [0.2, 0.25) is 0 Å². The summed E-state index contributed by atoms with van der Waals surface area (Å²) in [5.74, 6) is 0.243. The number of aromatic nitrogens is 5. The molecule has 146 valence electrons. The molecule has 0 saturated carbocycles. The van der Waals surface area contributed by atoms with Gasteiger partial charge < -0.3 is 15.7 Å². The van der Waals surface area contributed by atoms with E-state index in [4.69, 9.17) is 5.11 Å². The Kier molecular flexibility index (Phi) is 5.12. The number of amides is 1. The zero-order valence-electron chi connectivity index (χ0n) is 15.7. The molecule has 9 nitrogen and oxygen atoms in total. The van der Waals surface area contributed by atoms with Gasteiger partial charge in [-0.2, -0.15) is 9.67 Å². The molecule has 2 aromatic heterocycles. The van der Waals surface area contributed by atoms with Crippen molar-refractivity contribution in [2.75, 3.05) is 19.0 Å². The van der Waals surface area contributed by atoms with Crippen LogP contribution in [0, 0.1) is 0 Å². The Morgan fingerprint density at radius 1 is 1.17 bits per heavy atom. The highest BCUT2D eigenvalue weighted by molar-refractivity contribution is 5.94. The minimum Gasteiger partial charge on any atom is -0.396 e. The Hall–Kier alpha value is -3.85. The normalized spacial score (nSPS) is 10.8. The second-order valence-electron chi connectivity index (χ2n) is 6.33. The van der Waals surface area contributed by atoms with Gasteiger partial charge in [0.05, 0.1) is 11.9 Å². The summed E-state index contributed by atoms with van der Waals surface area (Å²) in [6.07, 6.45) is 2.17. The van der Waals surface area contributed by atoms with E-state index in [2.05, 4.69) is 30.9 Å². The van der Waals surface area contributed by atoms with Gasteiger partial charge in [0.2, 0.25) is 5.95 Å². The van der Waals surface area contributed by atoms with Gasteiger partial charge in [0.15, 0.2) is 11.2 Å². The summed E-state index contributed by atoms with van der Waals surface area (Å²) < 4.78 is 1.64. The predicted octanol–water partition coefficient (Wildman–Crippen LogP) is 1.85. The van der Waals surface area contributed by atoms with E-state index in [1.54, 1.807) is 42.2 Å². The third-order valence-corrected chi connectivity index (χ3v) is 4.38. The number of benzene rings is 2. The van der Waals surface area contributed by atoms with Crippen LogP contribution < -0.4 is 10.6 Å². The highest BCUT2D eigenvalue weighted by Crippen LogP contribution is 2.19. The van der Waals surface area contributed by atoms with Crippen LogP contribution in [0.1, 0.15) is 15.9 Å². The van der Waals surface area contributed by atoms with Crippen LogP contribution in [0.15, 0.2) is 54.7 Å². The highest BCUT2D eigenvalue weighted by Gasteiger charge is 2.11. The molecule has 0 spiro atoms. The smallest absolute Gasteiger partial charge is 0.251 e. The molecule has 2 heterocycles. The largest absolute Gasteiger partial charge is 0.396 e. The fraction of sp³-hybridized carbons (Fsp3) is 0.150. The molecule has 2 aromatic carbocycles. The van der Waals surface area contributed by atoms with Gasteiger partial charge in [-0.3, -0.25) is 4.79 Å². The standard InChI is InChI=1S/C20H19N7O2/c1-21-19(29)14-5-7-15(8-6-14)23-20-22-12-17-18(24-20)27(26-25-17)16-4-2-3-13(11-16)9-10-28/h2-8,11-12,28H,9-10H2,1H3,(H,21,29)(H,22,23,24). The molecule has 0 fully saturated rings. The molecule has 4 rings (SSSR count). The third kappa shape index (κ3) is 3.90. The fourth-order valence-corrected chi connectivity index (χ4v) is 2.91. The molecule has 0 aliphatic carbocycles. The first kappa shape index (κ1) is 18.5. The Morgan fingerprint density at radius 2 is 2.00 bits per heavy atom. The summed E-state index contributed by atoms with van der Waals surface area (Å²) in [6.45, 7) is 0.0799. The van der Waals surface area contributed by atoms with E-state index >= 15 is 0 Å². The first-order valence-electron chi connectivity index (χ1n) is 9.06. The van der Waals surface area contributed by atoms with Crippen molar-refractivity contribution < 1.29 is 9.90 Å². The Morgan fingerprint density at radius 3 is 2.76 bits per heavy atom. The van der Waals surface area contributed by atoms with Crippen LogP contribution in [-0.2, 0) is 6.42 Å². The average molecular weight is 389 g/mol. The summed E-state index contributed by atoms with van der Waals surface area (Å²) in [5.41, 5.74) is 4.25. The molecule has 9 heteroatoms. The van der Waals surface area contributed by atoms with E-state index in [0.717, 1.165) is 16.9 Å². The minimum atomic E-state index is -0.146. The van der Waals surface area contributed by atoms with Crippen LogP contribution in [-0.4, -0.2) is 49.6 Å². The van der Waals surface area contributed by atoms with Crippen molar-refractivity contribution in [2.45, 2.75) is 6.42 Å². The molecule has 0 aliphatic heterocycles. The monoisotopic (exact) mass is 389 g/mol. The SMILES string of the molecule is CNC(=O)c1ccc(Nc2ncc3nnn(-c4cccc(CCO)c4)c3n2)cc1. The van der Waals surface area contributed by atoms with E-state index in [1.165, 1.54) is 0 Å². The van der Waals surface area contributed by atoms with E-state index in [1.807, 2.05) is 24.3 Å². The van der Waals surface area contributed by atoms with E-state index in [-0.39, 0.29) is 12.5 Å². The van der Waals surface area contributed by atoms with Gasteiger partial charge in [-0.05, 0) is 48.4 Å². The van der Waals surface area contributed by atoms with Gasteiger partial charge >= 0.3 is 0 Å². The molecule has 0 atom stereocenters. The van der Waals surface area contributed by atoms with Crippen molar-refractivity contribution in [3.8, 4) is 5.69 Å². The van der Waals surface area contributed by atoms with Gasteiger partial charge in [-0.1, -0.05) is 17.3 Å². The third-order valence-electron chi connectivity index (χ3n) is 4.38. The molecule has 0 saturated heterocycles. The molecule has 3 N–H and O–H groups in total. The molecule has 0 radical (unpaired) electrons. The maximum atomic E-state index is 11.7. The zero-order chi connectivity index (χ0) is 20.2. The van der Waals surface area contributed by atoms with Crippen molar-refractivity contribution in [1.29, 1.82) is 0 Å².